The minimum atomic E-state index is -0.664. The zero-order chi connectivity index (χ0) is 23.3. The van der Waals surface area contributed by atoms with Gasteiger partial charge in [-0.1, -0.05) is 17.3 Å². The monoisotopic (exact) mass is 475 g/mol. The molecule has 2 saturated heterocycles. The van der Waals surface area contributed by atoms with Crippen LogP contribution in [0, 0.1) is 0 Å². The number of benzene rings is 1. The number of amides is 3. The average molecular weight is 476 g/mol. The van der Waals surface area contributed by atoms with Gasteiger partial charge in [-0.25, -0.2) is 4.79 Å². The van der Waals surface area contributed by atoms with E-state index in [0.29, 0.717) is 22.0 Å². The first-order valence-corrected chi connectivity index (χ1v) is 11.3. The molecule has 3 amide bonds. The zero-order valence-electron chi connectivity index (χ0n) is 17.6. The lowest BCUT2D eigenvalue weighted by molar-refractivity contribution is -0.122. The summed E-state index contributed by atoms with van der Waals surface area (Å²) >= 11 is 2.12. The fraction of sp³-hybridized carbons (Fsp3) is 0.300. The fourth-order valence-corrected chi connectivity index (χ4v) is 4.34. The smallest absolute Gasteiger partial charge is 0.338 e. The summed E-state index contributed by atoms with van der Waals surface area (Å²) in [4.78, 5) is 48.5. The van der Waals surface area contributed by atoms with Crippen molar-refractivity contribution in [2.75, 3.05) is 11.9 Å². The SMILES string of the molecule is CCOC(=O)c1ccc(NC(=O)C[C@@H]2S/C(=N\N=C3/NC(=O)SC3=C(C)C)NC2=O)cc1. The first-order chi connectivity index (χ1) is 15.3. The number of allylic oxidation sites excluding steroid dienone is 1. The van der Waals surface area contributed by atoms with Crippen LogP contribution in [-0.2, 0) is 14.3 Å². The van der Waals surface area contributed by atoms with Crippen LogP contribution in [0.1, 0.15) is 37.6 Å². The molecular formula is C20H21N5O5S2. The summed E-state index contributed by atoms with van der Waals surface area (Å²) in [6.45, 7) is 5.71. The van der Waals surface area contributed by atoms with E-state index in [1.807, 2.05) is 13.8 Å². The second-order valence-corrected chi connectivity index (χ2v) is 9.02. The zero-order valence-corrected chi connectivity index (χ0v) is 19.2. The molecule has 0 aromatic heterocycles. The minimum absolute atomic E-state index is 0.0719. The number of ether oxygens (including phenoxy) is 1. The first kappa shape index (κ1) is 23.5. The van der Waals surface area contributed by atoms with Crippen molar-refractivity contribution < 1.29 is 23.9 Å². The summed E-state index contributed by atoms with van der Waals surface area (Å²) < 4.78 is 4.92. The summed E-state index contributed by atoms with van der Waals surface area (Å²) in [6, 6.07) is 6.28. The summed E-state index contributed by atoms with van der Waals surface area (Å²) in [6.07, 6.45) is -0.0719. The standard InChI is InChI=1S/C20H21N5O5S2/c1-4-30-18(28)11-5-7-12(8-6-11)21-14(26)9-13-17(27)23-19(31-13)25-24-16-15(10(2)3)32-20(29)22-16/h5-8,13H,4,9H2,1-3H3,(H,21,26)(H,22,24,29)(H,23,25,27)/t13-/m0/s1. The van der Waals surface area contributed by atoms with Crippen LogP contribution in [0.25, 0.3) is 0 Å². The Morgan fingerprint density at radius 3 is 2.50 bits per heavy atom. The summed E-state index contributed by atoms with van der Waals surface area (Å²) in [5.41, 5.74) is 1.79. The number of carbonyl (C=O) groups is 4. The van der Waals surface area contributed by atoms with Gasteiger partial charge in [-0.05, 0) is 56.8 Å². The highest BCUT2D eigenvalue weighted by Gasteiger charge is 2.32. The Morgan fingerprint density at radius 2 is 1.84 bits per heavy atom. The topological polar surface area (TPSA) is 138 Å². The minimum Gasteiger partial charge on any atom is -0.462 e. The van der Waals surface area contributed by atoms with Crippen LogP contribution in [0.15, 0.2) is 44.9 Å². The van der Waals surface area contributed by atoms with E-state index >= 15 is 0 Å². The van der Waals surface area contributed by atoms with E-state index in [2.05, 4.69) is 26.2 Å². The maximum absolute atomic E-state index is 12.3. The van der Waals surface area contributed by atoms with Crippen molar-refractivity contribution in [1.29, 1.82) is 0 Å². The van der Waals surface area contributed by atoms with Crippen LogP contribution in [0.4, 0.5) is 10.5 Å². The molecule has 0 saturated carbocycles. The average Bonchev–Trinajstić information content (AvgIpc) is 3.29. The Kier molecular flexibility index (Phi) is 7.70. The van der Waals surface area contributed by atoms with Gasteiger partial charge < -0.3 is 15.4 Å². The molecule has 2 aliphatic heterocycles. The van der Waals surface area contributed by atoms with E-state index in [1.54, 1.807) is 31.2 Å². The Labute approximate surface area is 192 Å². The maximum atomic E-state index is 12.3. The predicted octanol–water partition coefficient (Wildman–Crippen LogP) is 2.84. The fourth-order valence-electron chi connectivity index (χ4n) is 2.70. The molecule has 2 fully saturated rings. The number of amidine groups is 2. The number of thioether (sulfide) groups is 2. The Hall–Kier alpha value is -3.12. The van der Waals surface area contributed by atoms with Crippen LogP contribution < -0.4 is 16.0 Å². The number of nitrogens with zero attached hydrogens (tertiary/aromatic N) is 2. The number of nitrogens with one attached hydrogen (secondary N) is 3. The van der Waals surface area contributed by atoms with Crippen LogP contribution >= 0.6 is 23.5 Å². The van der Waals surface area contributed by atoms with Crippen LogP contribution in [-0.4, -0.2) is 45.9 Å². The van der Waals surface area contributed by atoms with Crippen LogP contribution in [0.5, 0.6) is 0 Å². The van der Waals surface area contributed by atoms with Crippen molar-refractivity contribution in [3.63, 3.8) is 0 Å². The van der Waals surface area contributed by atoms with Gasteiger partial charge >= 0.3 is 5.97 Å². The van der Waals surface area contributed by atoms with Crippen molar-refractivity contribution in [3.05, 3.63) is 40.3 Å². The van der Waals surface area contributed by atoms with Gasteiger partial charge in [0.05, 0.1) is 17.1 Å². The van der Waals surface area contributed by atoms with Gasteiger partial charge in [-0.15, -0.1) is 10.2 Å². The van der Waals surface area contributed by atoms with Crippen molar-refractivity contribution in [1.82, 2.24) is 10.6 Å². The first-order valence-electron chi connectivity index (χ1n) is 9.63. The van der Waals surface area contributed by atoms with E-state index in [-0.39, 0.29) is 35.2 Å². The lowest BCUT2D eigenvalue weighted by atomic mass is 10.2. The number of esters is 1. The third-order valence-corrected chi connectivity index (χ3v) is 6.32. The Balaban J connectivity index is 1.57. The van der Waals surface area contributed by atoms with Gasteiger partial charge in [0.1, 0.15) is 5.25 Å². The highest BCUT2D eigenvalue weighted by molar-refractivity contribution is 8.18. The van der Waals surface area contributed by atoms with E-state index in [0.717, 1.165) is 29.1 Å². The molecule has 12 heteroatoms. The molecule has 32 heavy (non-hydrogen) atoms. The molecule has 2 aliphatic rings. The molecule has 1 aromatic rings. The normalized spacial score (nSPS) is 20.3. The quantitative estimate of drug-likeness (QED) is 0.425. The van der Waals surface area contributed by atoms with Crippen molar-refractivity contribution in [2.45, 2.75) is 32.4 Å². The summed E-state index contributed by atoms with van der Waals surface area (Å²) in [7, 11) is 0. The van der Waals surface area contributed by atoms with E-state index in [1.165, 1.54) is 0 Å². The maximum Gasteiger partial charge on any atom is 0.338 e. The largest absolute Gasteiger partial charge is 0.462 e. The molecule has 3 N–H and O–H groups in total. The summed E-state index contributed by atoms with van der Waals surface area (Å²) in [5, 5.41) is 15.3. The van der Waals surface area contributed by atoms with E-state index in [4.69, 9.17) is 4.74 Å². The van der Waals surface area contributed by atoms with Crippen LogP contribution in [0.2, 0.25) is 0 Å². The highest BCUT2D eigenvalue weighted by atomic mass is 32.2. The molecule has 168 valence electrons. The van der Waals surface area contributed by atoms with E-state index in [9.17, 15) is 19.2 Å². The second-order valence-electron chi connectivity index (χ2n) is 6.84. The molecule has 0 radical (unpaired) electrons. The second kappa shape index (κ2) is 10.5. The molecule has 1 atom stereocenters. The van der Waals surface area contributed by atoms with E-state index < -0.39 is 11.2 Å². The predicted molar refractivity (Wildman–Crippen MR) is 125 cm³/mol. The van der Waals surface area contributed by atoms with Crippen molar-refractivity contribution in [2.24, 2.45) is 10.2 Å². The van der Waals surface area contributed by atoms with Crippen molar-refractivity contribution >= 4 is 63.2 Å². The number of anilines is 1. The molecule has 3 rings (SSSR count). The number of carbonyl (C=O) groups excluding carboxylic acids is 4. The lowest BCUT2D eigenvalue weighted by Gasteiger charge is -2.08. The molecule has 0 spiro atoms. The van der Waals surface area contributed by atoms with Gasteiger partial charge in [0.25, 0.3) is 5.24 Å². The van der Waals surface area contributed by atoms with Gasteiger partial charge in [-0.3, -0.25) is 19.7 Å². The Bertz CT molecular complexity index is 1040. The molecule has 0 bridgehead atoms. The molecule has 0 aliphatic carbocycles. The van der Waals surface area contributed by atoms with Gasteiger partial charge in [0, 0.05) is 12.1 Å². The Morgan fingerprint density at radius 1 is 1.12 bits per heavy atom. The molecule has 10 nitrogen and oxygen atoms in total. The third-order valence-electron chi connectivity index (χ3n) is 4.15. The molecular weight excluding hydrogens is 454 g/mol. The molecule has 0 unspecified atom stereocenters. The van der Waals surface area contributed by atoms with Crippen LogP contribution in [0.3, 0.4) is 0 Å². The van der Waals surface area contributed by atoms with Gasteiger partial charge in [0.15, 0.2) is 11.0 Å². The van der Waals surface area contributed by atoms with Gasteiger partial charge in [-0.2, -0.15) is 0 Å². The number of rotatable bonds is 6. The number of hydrogen-bond acceptors (Lipinski definition) is 9. The number of hydrogen-bond donors (Lipinski definition) is 3. The third kappa shape index (κ3) is 5.98. The molecule has 1 aromatic carbocycles. The highest BCUT2D eigenvalue weighted by Crippen LogP contribution is 2.28. The summed E-state index contributed by atoms with van der Waals surface area (Å²) in [5.74, 6) is -0.823. The lowest BCUT2D eigenvalue weighted by Crippen LogP contribution is -2.28. The molecule has 2 heterocycles. The van der Waals surface area contributed by atoms with Gasteiger partial charge in [0.2, 0.25) is 11.8 Å². The van der Waals surface area contributed by atoms with Crippen molar-refractivity contribution in [3.8, 4) is 0 Å².